The van der Waals surface area contributed by atoms with Gasteiger partial charge in [-0.25, -0.2) is 13.1 Å². The monoisotopic (exact) mass is 345 g/mol. The number of sulfonamides is 1. The molecule has 1 aliphatic carbocycles. The Balaban J connectivity index is 1.61. The highest BCUT2D eigenvalue weighted by Crippen LogP contribution is 2.29. The molecule has 0 bridgehead atoms. The van der Waals surface area contributed by atoms with Gasteiger partial charge in [0.25, 0.3) is 0 Å². The van der Waals surface area contributed by atoms with E-state index in [2.05, 4.69) is 4.72 Å². The largest absolute Gasteiger partial charge is 0.381 e. The van der Waals surface area contributed by atoms with Crippen molar-refractivity contribution in [2.24, 2.45) is 5.92 Å². The van der Waals surface area contributed by atoms with E-state index in [1.165, 1.54) is 12.8 Å². The number of benzene rings is 2. The SMILES string of the molecule is O=S(=O)(NCCCOCC1CC1)c1ccccc1-c1ccccc1. The Bertz CT molecular complexity index is 755. The Morgan fingerprint density at radius 1 is 1.00 bits per heavy atom. The molecular formula is C19H23NO3S. The van der Waals surface area contributed by atoms with Crippen LogP contribution in [0, 0.1) is 5.92 Å². The van der Waals surface area contributed by atoms with Gasteiger partial charge in [0.2, 0.25) is 10.0 Å². The highest BCUT2D eigenvalue weighted by Gasteiger charge is 2.21. The van der Waals surface area contributed by atoms with Gasteiger partial charge in [-0.05, 0) is 36.8 Å². The van der Waals surface area contributed by atoms with Crippen molar-refractivity contribution in [1.82, 2.24) is 4.72 Å². The fraction of sp³-hybridized carbons (Fsp3) is 0.368. The summed E-state index contributed by atoms with van der Waals surface area (Å²) in [5.41, 5.74) is 1.61. The fourth-order valence-electron chi connectivity index (χ4n) is 2.55. The third-order valence-electron chi connectivity index (χ3n) is 4.07. The predicted octanol–water partition coefficient (Wildman–Crippen LogP) is 3.45. The number of rotatable bonds is 9. The first kappa shape index (κ1) is 17.1. The molecule has 0 unspecified atom stereocenters. The Morgan fingerprint density at radius 3 is 2.46 bits per heavy atom. The summed E-state index contributed by atoms with van der Waals surface area (Å²) in [6, 6.07) is 16.6. The maximum absolute atomic E-state index is 12.6. The van der Waals surface area contributed by atoms with Gasteiger partial charge in [0.05, 0.1) is 4.90 Å². The molecule has 1 fully saturated rings. The van der Waals surface area contributed by atoms with Crippen molar-refractivity contribution in [2.75, 3.05) is 19.8 Å². The van der Waals surface area contributed by atoms with Crippen LogP contribution in [0.3, 0.4) is 0 Å². The van der Waals surface area contributed by atoms with Gasteiger partial charge in [-0.1, -0.05) is 48.5 Å². The molecule has 0 atom stereocenters. The van der Waals surface area contributed by atoms with Gasteiger partial charge >= 0.3 is 0 Å². The summed E-state index contributed by atoms with van der Waals surface area (Å²) < 4.78 is 33.5. The van der Waals surface area contributed by atoms with Gasteiger partial charge in [0, 0.05) is 25.3 Å². The van der Waals surface area contributed by atoms with Crippen molar-refractivity contribution >= 4 is 10.0 Å². The van der Waals surface area contributed by atoms with Crippen LogP contribution in [0.1, 0.15) is 19.3 Å². The highest BCUT2D eigenvalue weighted by molar-refractivity contribution is 7.89. The van der Waals surface area contributed by atoms with Crippen LogP contribution in [-0.4, -0.2) is 28.2 Å². The van der Waals surface area contributed by atoms with Crippen LogP contribution in [0.15, 0.2) is 59.5 Å². The topological polar surface area (TPSA) is 55.4 Å². The summed E-state index contributed by atoms with van der Waals surface area (Å²) in [6.07, 6.45) is 3.21. The smallest absolute Gasteiger partial charge is 0.241 e. The summed E-state index contributed by atoms with van der Waals surface area (Å²) in [7, 11) is -3.54. The van der Waals surface area contributed by atoms with Crippen LogP contribution in [0.5, 0.6) is 0 Å². The molecule has 0 spiro atoms. The first-order valence-corrected chi connectivity index (χ1v) is 9.87. The molecule has 0 heterocycles. The lowest BCUT2D eigenvalue weighted by molar-refractivity contribution is 0.123. The highest BCUT2D eigenvalue weighted by atomic mass is 32.2. The maximum atomic E-state index is 12.6. The molecule has 2 aromatic rings. The van der Waals surface area contributed by atoms with E-state index in [1.54, 1.807) is 12.1 Å². The first-order valence-electron chi connectivity index (χ1n) is 8.39. The minimum Gasteiger partial charge on any atom is -0.381 e. The molecule has 1 aliphatic rings. The number of hydrogen-bond donors (Lipinski definition) is 1. The third kappa shape index (κ3) is 4.66. The van der Waals surface area contributed by atoms with E-state index >= 15 is 0 Å². The Kier molecular flexibility index (Phi) is 5.66. The van der Waals surface area contributed by atoms with Crippen molar-refractivity contribution < 1.29 is 13.2 Å². The molecule has 128 valence electrons. The molecule has 0 aliphatic heterocycles. The molecule has 0 aromatic heterocycles. The van der Waals surface area contributed by atoms with Gasteiger partial charge < -0.3 is 4.74 Å². The molecule has 1 saturated carbocycles. The van der Waals surface area contributed by atoms with E-state index < -0.39 is 10.0 Å². The second-order valence-electron chi connectivity index (χ2n) is 6.13. The van der Waals surface area contributed by atoms with E-state index in [9.17, 15) is 8.42 Å². The molecule has 0 saturated heterocycles. The molecule has 0 amide bonds. The summed E-state index contributed by atoms with van der Waals surface area (Å²) in [4.78, 5) is 0.315. The van der Waals surface area contributed by atoms with E-state index in [-0.39, 0.29) is 0 Å². The van der Waals surface area contributed by atoms with Gasteiger partial charge in [0.15, 0.2) is 0 Å². The van der Waals surface area contributed by atoms with Crippen LogP contribution in [0.4, 0.5) is 0 Å². The zero-order valence-electron chi connectivity index (χ0n) is 13.6. The summed E-state index contributed by atoms with van der Waals surface area (Å²) in [5, 5.41) is 0. The zero-order valence-corrected chi connectivity index (χ0v) is 14.5. The van der Waals surface area contributed by atoms with Crippen molar-refractivity contribution in [1.29, 1.82) is 0 Å². The molecule has 24 heavy (non-hydrogen) atoms. The van der Waals surface area contributed by atoms with Crippen LogP contribution < -0.4 is 4.72 Å². The van der Waals surface area contributed by atoms with E-state index in [4.69, 9.17) is 4.74 Å². The van der Waals surface area contributed by atoms with Gasteiger partial charge in [-0.3, -0.25) is 0 Å². The lowest BCUT2D eigenvalue weighted by Crippen LogP contribution is -2.26. The minimum absolute atomic E-state index is 0.315. The predicted molar refractivity (Wildman–Crippen MR) is 95.2 cm³/mol. The summed E-state index contributed by atoms with van der Waals surface area (Å²) in [6.45, 7) is 1.79. The van der Waals surface area contributed by atoms with Gasteiger partial charge in [-0.15, -0.1) is 0 Å². The van der Waals surface area contributed by atoms with Crippen LogP contribution >= 0.6 is 0 Å². The van der Waals surface area contributed by atoms with Gasteiger partial charge in [0.1, 0.15) is 0 Å². The van der Waals surface area contributed by atoms with Gasteiger partial charge in [-0.2, -0.15) is 0 Å². The van der Waals surface area contributed by atoms with E-state index in [0.717, 1.165) is 23.7 Å². The second kappa shape index (κ2) is 7.92. The van der Waals surface area contributed by atoms with Crippen molar-refractivity contribution in [3.05, 3.63) is 54.6 Å². The van der Waals surface area contributed by atoms with Crippen molar-refractivity contribution in [2.45, 2.75) is 24.2 Å². The average molecular weight is 345 g/mol. The second-order valence-corrected chi connectivity index (χ2v) is 7.87. The molecule has 0 radical (unpaired) electrons. The summed E-state index contributed by atoms with van der Waals surface area (Å²) >= 11 is 0. The Hall–Kier alpha value is -1.69. The third-order valence-corrected chi connectivity index (χ3v) is 5.59. The van der Waals surface area contributed by atoms with E-state index in [1.807, 2.05) is 42.5 Å². The summed E-state index contributed by atoms with van der Waals surface area (Å²) in [5.74, 6) is 0.736. The number of ether oxygens (including phenoxy) is 1. The van der Waals surface area contributed by atoms with Crippen molar-refractivity contribution in [3.63, 3.8) is 0 Å². The van der Waals surface area contributed by atoms with Crippen molar-refractivity contribution in [3.8, 4) is 11.1 Å². The van der Waals surface area contributed by atoms with E-state index in [0.29, 0.717) is 24.5 Å². The zero-order chi connectivity index (χ0) is 16.8. The fourth-order valence-corrected chi connectivity index (χ4v) is 3.85. The lowest BCUT2D eigenvalue weighted by atomic mass is 10.1. The van der Waals surface area contributed by atoms with Crippen LogP contribution in [-0.2, 0) is 14.8 Å². The normalized spacial score (nSPS) is 14.7. The first-order chi connectivity index (χ1) is 11.7. The molecule has 2 aromatic carbocycles. The van der Waals surface area contributed by atoms with Crippen LogP contribution in [0.25, 0.3) is 11.1 Å². The molecular weight excluding hydrogens is 322 g/mol. The van der Waals surface area contributed by atoms with Crippen LogP contribution in [0.2, 0.25) is 0 Å². The Morgan fingerprint density at radius 2 is 1.71 bits per heavy atom. The number of hydrogen-bond acceptors (Lipinski definition) is 3. The molecule has 4 nitrogen and oxygen atoms in total. The quantitative estimate of drug-likeness (QED) is 0.708. The lowest BCUT2D eigenvalue weighted by Gasteiger charge is -2.12. The molecule has 5 heteroatoms. The number of nitrogens with one attached hydrogen (secondary N) is 1. The standard InChI is InChI=1S/C19H23NO3S/c21-24(22,20-13-6-14-23-15-16-11-12-16)19-10-5-4-9-18(19)17-7-2-1-3-8-17/h1-5,7-10,16,20H,6,11-15H2. The molecule has 1 N–H and O–H groups in total. The Labute approximate surface area is 143 Å². The minimum atomic E-state index is -3.54. The molecule has 3 rings (SSSR count). The maximum Gasteiger partial charge on any atom is 0.241 e. The average Bonchev–Trinajstić information content (AvgIpc) is 3.43.